The minimum atomic E-state index is -0.366. The number of alkyl halides is 2. The highest BCUT2D eigenvalue weighted by Gasteiger charge is 2.47. The van der Waals surface area contributed by atoms with Crippen LogP contribution in [0.25, 0.3) is 23.5 Å². The Kier molecular flexibility index (Phi) is 16.7. The average Bonchev–Trinajstić information content (AvgIpc) is 3.91. The van der Waals surface area contributed by atoms with Gasteiger partial charge in [0.2, 0.25) is 0 Å². The monoisotopic (exact) mass is 948 g/mol. The first kappa shape index (κ1) is 49.2. The molecule has 0 radical (unpaired) electrons. The van der Waals surface area contributed by atoms with Crippen LogP contribution in [0.15, 0.2) is 133 Å². The molecule has 2 heterocycles. The number of aliphatic hydroxyl groups is 1. The van der Waals surface area contributed by atoms with E-state index in [0.29, 0.717) is 18.6 Å². The standard InChI is InChI=1S/C26H27FN2O.C26H25FN2O.C2H7P.CH2Cl2/c2*1-26-16-19-17-28-29(22-12-10-21(27)11-13-22)24(19)15-20(26)8-5-9-23(26)25(30)14-18-6-3-2-4-7-18;1-3-2;2-1-3/h2-4,6-7,10-13,15,17,23,25,30H,5,8-9,14,16H2,1H3;2-4,6-7,10-13,15,17,23H,5,8-9,14,16H2,1H3;3H,1-2H3;1H2/t23-,25+,26+;23-,26+;;/m11../s1. The molecule has 66 heavy (non-hydrogen) atoms. The summed E-state index contributed by atoms with van der Waals surface area (Å²) in [6, 6.07) is 33.2. The third-order valence-corrected chi connectivity index (χ3v) is 14.0. The first-order valence-electron chi connectivity index (χ1n) is 23.0. The normalized spacial score (nSPS) is 21.8. The fraction of sp³-hybridized carbons (Fsp3) is 0.364. The highest BCUT2D eigenvalue weighted by Crippen LogP contribution is 2.53. The van der Waals surface area contributed by atoms with Gasteiger partial charge in [-0.15, -0.1) is 31.8 Å². The molecule has 1 N–H and O–H groups in total. The van der Waals surface area contributed by atoms with Gasteiger partial charge in [0.1, 0.15) is 17.4 Å². The molecule has 0 bridgehead atoms. The molecule has 0 spiro atoms. The van der Waals surface area contributed by atoms with E-state index in [9.17, 15) is 18.7 Å². The SMILES string of the molecule is CPC.C[C@]12Cc3cnn(-c4ccc(F)cc4)c3C=C1CCC[C@@H]2C(=O)Cc1ccccc1.C[C@]12Cc3cnn(-c4ccc(F)cc4)c3C=C1CCC[C@@H]2[C@@H](O)Cc1ccccc1.ClCCl. The van der Waals surface area contributed by atoms with Crippen molar-refractivity contribution < 1.29 is 18.7 Å². The largest absolute Gasteiger partial charge is 0.392 e. The van der Waals surface area contributed by atoms with Crippen LogP contribution < -0.4 is 0 Å². The molecule has 11 heteroatoms. The molecule has 4 aliphatic carbocycles. The molecular weight excluding hydrogens is 889 g/mol. The van der Waals surface area contributed by atoms with Crippen molar-refractivity contribution in [3.05, 3.63) is 178 Å². The number of aliphatic hydroxyl groups excluding tert-OH is 1. The van der Waals surface area contributed by atoms with Gasteiger partial charge >= 0.3 is 0 Å². The van der Waals surface area contributed by atoms with Crippen LogP contribution in [-0.2, 0) is 30.5 Å². The van der Waals surface area contributed by atoms with Crippen molar-refractivity contribution in [3.8, 4) is 11.4 Å². The van der Waals surface area contributed by atoms with Gasteiger partial charge in [-0.25, -0.2) is 18.1 Å². The number of hydrogen-bond acceptors (Lipinski definition) is 4. The smallest absolute Gasteiger partial charge is 0.141 e. The van der Waals surface area contributed by atoms with Crippen LogP contribution in [0.5, 0.6) is 0 Å². The average molecular weight is 950 g/mol. The van der Waals surface area contributed by atoms with E-state index in [1.807, 2.05) is 70.3 Å². The number of halogens is 4. The maximum Gasteiger partial charge on any atom is 0.141 e. The quantitative estimate of drug-likeness (QED) is 0.122. The molecule has 0 amide bonds. The summed E-state index contributed by atoms with van der Waals surface area (Å²) in [5.74, 6) is 0.0923. The van der Waals surface area contributed by atoms with E-state index in [2.05, 4.69) is 61.7 Å². The predicted octanol–water partition coefficient (Wildman–Crippen LogP) is 13.3. The lowest BCUT2D eigenvalue weighted by molar-refractivity contribution is -0.126. The van der Waals surface area contributed by atoms with E-state index in [-0.39, 0.29) is 45.7 Å². The molecular formula is C55H61Cl2F2N4O2P. The molecule has 6 aromatic rings. The maximum absolute atomic E-state index is 13.3. The number of carbonyl (C=O) groups is 1. The van der Waals surface area contributed by atoms with Crippen LogP contribution >= 0.6 is 31.8 Å². The Morgan fingerprint density at radius 2 is 1.15 bits per heavy atom. The van der Waals surface area contributed by atoms with E-state index in [1.165, 1.54) is 46.5 Å². The Balaban J connectivity index is 0.000000176. The zero-order chi connectivity index (χ0) is 46.8. The molecule has 2 saturated carbocycles. The third-order valence-electron chi connectivity index (χ3n) is 14.0. The van der Waals surface area contributed by atoms with Crippen LogP contribution in [0.2, 0.25) is 0 Å². The van der Waals surface area contributed by atoms with Gasteiger partial charge in [-0.1, -0.05) is 85.7 Å². The highest BCUT2D eigenvalue weighted by molar-refractivity contribution is 7.35. The molecule has 2 fully saturated rings. The lowest BCUT2D eigenvalue weighted by Crippen LogP contribution is -2.43. The fourth-order valence-corrected chi connectivity index (χ4v) is 10.7. The van der Waals surface area contributed by atoms with Crippen LogP contribution in [0.1, 0.15) is 86.0 Å². The van der Waals surface area contributed by atoms with Gasteiger partial charge < -0.3 is 5.11 Å². The summed E-state index contributed by atoms with van der Waals surface area (Å²) < 4.78 is 30.5. The number of hydrogen-bond donors (Lipinski definition) is 1. The number of aromatic nitrogens is 4. The van der Waals surface area contributed by atoms with E-state index in [0.717, 1.165) is 93.8 Å². The molecule has 0 aliphatic heterocycles. The zero-order valence-corrected chi connectivity index (χ0v) is 40.9. The number of ketones is 1. The summed E-state index contributed by atoms with van der Waals surface area (Å²) >= 11 is 9.53. The van der Waals surface area contributed by atoms with Crippen molar-refractivity contribution in [1.29, 1.82) is 0 Å². The summed E-state index contributed by atoms with van der Waals surface area (Å²) in [4.78, 5) is 13.3. The molecule has 5 atom stereocenters. The Bertz CT molecular complexity index is 2590. The Morgan fingerprint density at radius 3 is 1.65 bits per heavy atom. The first-order valence-corrected chi connectivity index (χ1v) is 26.1. The molecule has 2 aromatic heterocycles. The molecule has 346 valence electrons. The van der Waals surface area contributed by atoms with Crippen LogP contribution in [-0.4, -0.2) is 55.2 Å². The van der Waals surface area contributed by atoms with Gasteiger partial charge in [0.25, 0.3) is 0 Å². The van der Waals surface area contributed by atoms with Crippen molar-refractivity contribution in [3.63, 3.8) is 0 Å². The lowest BCUT2D eigenvalue weighted by Gasteiger charge is -2.47. The van der Waals surface area contributed by atoms with Crippen LogP contribution in [0.4, 0.5) is 8.78 Å². The second kappa shape index (κ2) is 22.4. The Hall–Kier alpha value is -4.72. The van der Waals surface area contributed by atoms with E-state index in [1.54, 1.807) is 24.3 Å². The summed E-state index contributed by atoms with van der Waals surface area (Å²) in [6.45, 7) is 8.87. The second-order valence-corrected chi connectivity index (χ2v) is 20.2. The molecule has 0 saturated heterocycles. The Labute approximate surface area is 400 Å². The summed E-state index contributed by atoms with van der Waals surface area (Å²) in [6.07, 6.45) is 17.1. The molecule has 0 unspecified atom stereocenters. The van der Waals surface area contributed by atoms with Crippen molar-refractivity contribution in [2.45, 2.75) is 84.2 Å². The van der Waals surface area contributed by atoms with Crippen molar-refractivity contribution >= 4 is 49.7 Å². The number of Topliss-reactive ketones (excluding diaryl/α,β-unsaturated/α-hetero) is 1. The van der Waals surface area contributed by atoms with Crippen molar-refractivity contribution in [2.75, 3.05) is 18.7 Å². The Morgan fingerprint density at radius 1 is 0.712 bits per heavy atom. The minimum absolute atomic E-state index is 0.0278. The second-order valence-electron chi connectivity index (χ2n) is 18.3. The predicted molar refractivity (Wildman–Crippen MR) is 269 cm³/mol. The topological polar surface area (TPSA) is 72.9 Å². The van der Waals surface area contributed by atoms with Crippen molar-refractivity contribution in [2.24, 2.45) is 22.7 Å². The molecule has 10 rings (SSSR count). The fourth-order valence-electron chi connectivity index (χ4n) is 10.7. The lowest BCUT2D eigenvalue weighted by atomic mass is 9.58. The van der Waals surface area contributed by atoms with Crippen LogP contribution in [0.3, 0.4) is 0 Å². The van der Waals surface area contributed by atoms with Gasteiger partial charge in [0.15, 0.2) is 0 Å². The zero-order valence-electron chi connectivity index (χ0n) is 38.4. The van der Waals surface area contributed by atoms with Gasteiger partial charge in [-0.05, 0) is 165 Å². The highest BCUT2D eigenvalue weighted by atomic mass is 35.5. The molecule has 4 aliphatic rings. The van der Waals surface area contributed by atoms with E-state index in [4.69, 9.17) is 23.2 Å². The maximum atomic E-state index is 13.3. The third kappa shape index (κ3) is 11.0. The van der Waals surface area contributed by atoms with E-state index < -0.39 is 0 Å². The van der Waals surface area contributed by atoms with Crippen LogP contribution in [0, 0.1) is 34.3 Å². The summed E-state index contributed by atoms with van der Waals surface area (Å²) in [5, 5.41) is 20.6. The minimum Gasteiger partial charge on any atom is -0.392 e. The van der Waals surface area contributed by atoms with Gasteiger partial charge in [0, 0.05) is 17.8 Å². The number of benzene rings is 4. The number of fused-ring (bicyclic) bond motifs is 4. The number of allylic oxidation sites excluding steroid dienone is 2. The number of nitrogens with zero attached hydrogens (tertiary/aromatic N) is 4. The number of rotatable bonds is 8. The summed E-state index contributed by atoms with van der Waals surface area (Å²) in [5.41, 5.74) is 11.0. The van der Waals surface area contributed by atoms with Gasteiger partial charge in [0.05, 0.1) is 46.6 Å². The van der Waals surface area contributed by atoms with E-state index >= 15 is 0 Å². The van der Waals surface area contributed by atoms with Crippen molar-refractivity contribution in [1.82, 2.24) is 19.6 Å². The molecule has 4 aromatic carbocycles. The summed E-state index contributed by atoms with van der Waals surface area (Å²) in [7, 11) is 1.08. The van der Waals surface area contributed by atoms with Gasteiger partial charge in [-0.3, -0.25) is 4.79 Å². The molecule has 6 nitrogen and oxygen atoms in total. The number of carbonyl (C=O) groups excluding carboxylic acids is 1. The first-order chi connectivity index (χ1) is 31.9. The van der Waals surface area contributed by atoms with Gasteiger partial charge in [-0.2, -0.15) is 10.2 Å².